The summed E-state index contributed by atoms with van der Waals surface area (Å²) in [5, 5.41) is 14.7. The van der Waals surface area contributed by atoms with Crippen molar-refractivity contribution < 1.29 is 19.4 Å². The molecule has 2 N–H and O–H groups in total. The van der Waals surface area contributed by atoms with Crippen LogP contribution in [-0.4, -0.2) is 22.8 Å². The molecule has 0 aliphatic carbocycles. The van der Waals surface area contributed by atoms with Crippen LogP contribution < -0.4 is 5.32 Å². The van der Waals surface area contributed by atoms with Gasteiger partial charge in [0.1, 0.15) is 5.60 Å². The van der Waals surface area contributed by atoms with Crippen LogP contribution in [0.1, 0.15) is 31.1 Å². The molecule has 1 amide bonds. The van der Waals surface area contributed by atoms with E-state index < -0.39 is 17.7 Å². The van der Waals surface area contributed by atoms with E-state index in [1.165, 1.54) is 12.1 Å². The maximum Gasteiger partial charge on any atom is 0.412 e. The molecule has 0 saturated heterocycles. The number of carboxylic acid groups (broad SMARTS) is 1. The number of rotatable bonds is 3. The SMILES string of the molecule is CC(C)(C)OC(=O)Nc1ccc(N=[N+]=[N-])cc1C(=O)O. The minimum atomic E-state index is -1.26. The summed E-state index contributed by atoms with van der Waals surface area (Å²) in [6.45, 7) is 5.07. The molecule has 0 bridgehead atoms. The van der Waals surface area contributed by atoms with Crippen molar-refractivity contribution in [1.29, 1.82) is 0 Å². The van der Waals surface area contributed by atoms with Crippen LogP contribution in [0, 0.1) is 0 Å². The van der Waals surface area contributed by atoms with Crippen LogP contribution in [0.5, 0.6) is 0 Å². The molecule has 0 saturated carbocycles. The molecule has 0 aromatic heterocycles. The van der Waals surface area contributed by atoms with Gasteiger partial charge < -0.3 is 9.84 Å². The fourth-order valence-electron chi connectivity index (χ4n) is 1.35. The van der Waals surface area contributed by atoms with Gasteiger partial charge in [0, 0.05) is 10.6 Å². The Bertz CT molecular complexity index is 586. The summed E-state index contributed by atoms with van der Waals surface area (Å²) in [6.07, 6.45) is -0.767. The van der Waals surface area contributed by atoms with Crippen molar-refractivity contribution in [3.63, 3.8) is 0 Å². The second kappa shape index (κ2) is 5.94. The molecule has 0 radical (unpaired) electrons. The number of carbonyl (C=O) groups is 2. The Hall–Kier alpha value is -2.73. The number of anilines is 1. The van der Waals surface area contributed by atoms with Crippen LogP contribution in [0.4, 0.5) is 16.2 Å². The number of hydrogen-bond acceptors (Lipinski definition) is 4. The molecular formula is C12H14N4O4. The molecule has 1 aromatic rings. The number of ether oxygens (including phenoxy) is 1. The number of aromatic carboxylic acids is 1. The molecule has 1 aromatic carbocycles. The van der Waals surface area contributed by atoms with Crippen LogP contribution in [0.2, 0.25) is 0 Å². The maximum atomic E-state index is 11.6. The third-order valence-electron chi connectivity index (χ3n) is 2.03. The molecule has 0 aliphatic rings. The summed E-state index contributed by atoms with van der Waals surface area (Å²) in [7, 11) is 0. The van der Waals surface area contributed by atoms with E-state index in [9.17, 15) is 9.59 Å². The standard InChI is InChI=1S/C12H14N4O4/c1-12(2,3)20-11(19)14-9-5-4-7(15-16-13)6-8(9)10(17)18/h4-6H,1-3H3,(H,14,19)(H,17,18). The van der Waals surface area contributed by atoms with Crippen LogP contribution in [0.3, 0.4) is 0 Å². The van der Waals surface area contributed by atoms with E-state index >= 15 is 0 Å². The highest BCUT2D eigenvalue weighted by molar-refractivity contribution is 5.99. The number of amides is 1. The molecule has 106 valence electrons. The highest BCUT2D eigenvalue weighted by atomic mass is 16.6. The highest BCUT2D eigenvalue weighted by Crippen LogP contribution is 2.23. The number of nitrogens with one attached hydrogen (secondary N) is 1. The zero-order chi connectivity index (χ0) is 15.3. The first-order valence-corrected chi connectivity index (χ1v) is 5.65. The van der Waals surface area contributed by atoms with E-state index in [0.29, 0.717) is 0 Å². The number of carbonyl (C=O) groups excluding carboxylic acids is 1. The normalized spacial score (nSPS) is 10.3. The average molecular weight is 278 g/mol. The van der Waals surface area contributed by atoms with E-state index in [4.69, 9.17) is 15.4 Å². The van der Waals surface area contributed by atoms with Gasteiger partial charge in [0.05, 0.1) is 11.3 Å². The zero-order valence-corrected chi connectivity index (χ0v) is 11.2. The van der Waals surface area contributed by atoms with Crippen molar-refractivity contribution in [2.24, 2.45) is 5.11 Å². The van der Waals surface area contributed by atoms with Gasteiger partial charge in [-0.25, -0.2) is 9.59 Å². The summed E-state index contributed by atoms with van der Waals surface area (Å²) in [5.74, 6) is -1.26. The Morgan fingerprint density at radius 3 is 2.55 bits per heavy atom. The lowest BCUT2D eigenvalue weighted by atomic mass is 10.1. The van der Waals surface area contributed by atoms with Crippen LogP contribution >= 0.6 is 0 Å². The smallest absolute Gasteiger partial charge is 0.412 e. The van der Waals surface area contributed by atoms with Gasteiger partial charge in [-0.1, -0.05) is 11.2 Å². The minimum absolute atomic E-state index is 0.0589. The Balaban J connectivity index is 3.03. The molecule has 0 atom stereocenters. The van der Waals surface area contributed by atoms with Gasteiger partial charge in [-0.2, -0.15) is 0 Å². The van der Waals surface area contributed by atoms with Gasteiger partial charge in [0.25, 0.3) is 0 Å². The lowest BCUT2D eigenvalue weighted by Gasteiger charge is -2.20. The van der Waals surface area contributed by atoms with Crippen molar-refractivity contribution in [2.45, 2.75) is 26.4 Å². The fraction of sp³-hybridized carbons (Fsp3) is 0.333. The Kier molecular flexibility index (Phi) is 4.55. The van der Waals surface area contributed by atoms with Gasteiger partial charge in [-0.15, -0.1) is 0 Å². The first-order chi connectivity index (χ1) is 9.23. The third-order valence-corrected chi connectivity index (χ3v) is 2.03. The molecule has 20 heavy (non-hydrogen) atoms. The summed E-state index contributed by atoms with van der Waals surface area (Å²) in [6, 6.07) is 3.88. The summed E-state index contributed by atoms with van der Waals surface area (Å²) in [4.78, 5) is 25.3. The van der Waals surface area contributed by atoms with Crippen molar-refractivity contribution in [3.05, 3.63) is 34.2 Å². The summed E-state index contributed by atoms with van der Waals surface area (Å²) < 4.78 is 5.03. The Morgan fingerprint density at radius 2 is 2.05 bits per heavy atom. The lowest BCUT2D eigenvalue weighted by Crippen LogP contribution is -2.27. The Labute approximate surface area is 115 Å². The molecule has 0 spiro atoms. The van der Waals surface area contributed by atoms with Gasteiger partial charge >= 0.3 is 12.1 Å². The van der Waals surface area contributed by atoms with E-state index in [-0.39, 0.29) is 16.9 Å². The summed E-state index contributed by atoms with van der Waals surface area (Å²) in [5.41, 5.74) is 7.62. The quantitative estimate of drug-likeness (QED) is 0.497. The molecule has 0 fully saturated rings. The first kappa shape index (κ1) is 15.3. The van der Waals surface area contributed by atoms with Crippen LogP contribution in [-0.2, 0) is 4.74 Å². The van der Waals surface area contributed by atoms with Crippen LogP contribution in [0.25, 0.3) is 10.4 Å². The topological polar surface area (TPSA) is 124 Å². The van der Waals surface area contributed by atoms with Gasteiger partial charge in [-0.3, -0.25) is 5.32 Å². The lowest BCUT2D eigenvalue weighted by molar-refractivity contribution is 0.0636. The maximum absolute atomic E-state index is 11.6. The van der Waals surface area contributed by atoms with Crippen molar-refractivity contribution >= 4 is 23.4 Å². The molecule has 8 heteroatoms. The molecule has 1 rings (SSSR count). The van der Waals surface area contributed by atoms with Gasteiger partial charge in [0.15, 0.2) is 0 Å². The number of benzene rings is 1. The van der Waals surface area contributed by atoms with E-state index in [1.807, 2.05) is 0 Å². The molecule has 0 unspecified atom stereocenters. The van der Waals surface area contributed by atoms with Gasteiger partial charge in [-0.05, 0) is 38.4 Å². The third kappa shape index (κ3) is 4.51. The summed E-state index contributed by atoms with van der Waals surface area (Å²) >= 11 is 0. The second-order valence-corrected chi connectivity index (χ2v) is 4.85. The predicted octanol–water partition coefficient (Wildman–Crippen LogP) is 3.67. The molecule has 0 aliphatic heterocycles. The molecular weight excluding hydrogens is 264 g/mol. The van der Waals surface area contributed by atoms with E-state index in [0.717, 1.165) is 6.07 Å². The monoisotopic (exact) mass is 278 g/mol. The van der Waals surface area contributed by atoms with Gasteiger partial charge in [0.2, 0.25) is 0 Å². The van der Waals surface area contributed by atoms with E-state index in [2.05, 4.69) is 15.3 Å². The molecule has 0 heterocycles. The largest absolute Gasteiger partial charge is 0.478 e. The first-order valence-electron chi connectivity index (χ1n) is 5.65. The molecule has 8 nitrogen and oxygen atoms in total. The Morgan fingerprint density at radius 1 is 1.40 bits per heavy atom. The number of nitrogens with zero attached hydrogens (tertiary/aromatic N) is 3. The minimum Gasteiger partial charge on any atom is -0.478 e. The van der Waals surface area contributed by atoms with Crippen molar-refractivity contribution in [1.82, 2.24) is 0 Å². The number of carboxylic acids is 1. The number of hydrogen-bond donors (Lipinski definition) is 2. The number of azide groups is 1. The highest BCUT2D eigenvalue weighted by Gasteiger charge is 2.18. The fourth-order valence-corrected chi connectivity index (χ4v) is 1.35. The second-order valence-electron chi connectivity index (χ2n) is 4.85. The van der Waals surface area contributed by atoms with Crippen molar-refractivity contribution in [3.8, 4) is 0 Å². The average Bonchev–Trinajstić information content (AvgIpc) is 2.28. The predicted molar refractivity (Wildman–Crippen MR) is 72.1 cm³/mol. The van der Waals surface area contributed by atoms with Crippen molar-refractivity contribution in [2.75, 3.05) is 5.32 Å². The van der Waals surface area contributed by atoms with E-state index in [1.54, 1.807) is 20.8 Å². The van der Waals surface area contributed by atoms with Crippen LogP contribution in [0.15, 0.2) is 23.3 Å². The zero-order valence-electron chi connectivity index (χ0n) is 11.2.